The molecule has 5 nitrogen and oxygen atoms in total. The van der Waals surface area contributed by atoms with Crippen LogP contribution in [0.4, 0.5) is 0 Å². The number of carbonyl (C=O) groups is 1. The highest BCUT2D eigenvalue weighted by molar-refractivity contribution is 7.89. The van der Waals surface area contributed by atoms with Crippen molar-refractivity contribution in [3.05, 3.63) is 93.8 Å². The van der Waals surface area contributed by atoms with Crippen LogP contribution in [0.1, 0.15) is 49.2 Å². The largest absolute Gasteiger partial charge is 0.345 e. The molecule has 0 aliphatic carbocycles. The van der Waals surface area contributed by atoms with Crippen LogP contribution in [-0.4, -0.2) is 18.8 Å². The van der Waals surface area contributed by atoms with E-state index in [-0.39, 0.29) is 12.2 Å². The number of nitrogens with zero attached hydrogens (tertiary/aromatic N) is 1. The first-order valence-electron chi connectivity index (χ1n) is 9.43. The van der Waals surface area contributed by atoms with E-state index in [0.717, 1.165) is 22.4 Å². The summed E-state index contributed by atoms with van der Waals surface area (Å²) in [6.45, 7) is 5.78. The van der Waals surface area contributed by atoms with Crippen LogP contribution in [-0.2, 0) is 23.5 Å². The van der Waals surface area contributed by atoms with Gasteiger partial charge < -0.3 is 4.57 Å². The number of hydrogen-bond acceptors (Lipinski definition) is 3. The van der Waals surface area contributed by atoms with E-state index >= 15 is 0 Å². The minimum absolute atomic E-state index is 0.0689. The Balaban J connectivity index is 2.02. The highest BCUT2D eigenvalue weighted by Crippen LogP contribution is 2.28. The van der Waals surface area contributed by atoms with E-state index < -0.39 is 15.3 Å². The minimum Gasteiger partial charge on any atom is -0.345 e. The van der Waals surface area contributed by atoms with Crippen molar-refractivity contribution >= 4 is 15.8 Å². The fourth-order valence-electron chi connectivity index (χ4n) is 3.83. The number of carbonyl (C=O) groups excluding carboxylic acids is 1. The smallest absolute Gasteiger partial charge is 0.216 e. The number of rotatable bonds is 6. The van der Waals surface area contributed by atoms with Crippen LogP contribution in [0.3, 0.4) is 0 Å². The quantitative estimate of drug-likeness (QED) is 0.628. The number of nitrogens with two attached hydrogens (primary N) is 1. The van der Waals surface area contributed by atoms with Crippen LogP contribution in [0.15, 0.2) is 54.6 Å². The number of sulfonamides is 1. The summed E-state index contributed by atoms with van der Waals surface area (Å²) in [5.74, 6) is -0.0689. The molecule has 0 radical (unpaired) electrons. The molecule has 0 fully saturated rings. The van der Waals surface area contributed by atoms with Gasteiger partial charge in [0.2, 0.25) is 15.8 Å². The monoisotopic (exact) mass is 410 g/mol. The molecule has 0 aliphatic rings. The molecular formula is C23H26N2O3S. The second-order valence-electron chi connectivity index (χ2n) is 7.57. The summed E-state index contributed by atoms with van der Waals surface area (Å²) in [6, 6.07) is 16.5. The number of ketones is 1. The maximum absolute atomic E-state index is 13.2. The summed E-state index contributed by atoms with van der Waals surface area (Å²) in [6.07, 6.45) is 0.195. The van der Waals surface area contributed by atoms with Gasteiger partial charge in [-0.15, -0.1) is 0 Å². The van der Waals surface area contributed by atoms with Crippen molar-refractivity contribution in [2.24, 2.45) is 12.2 Å². The SMILES string of the molecule is Cc1ccc(C(=O)c2c(C)cc(CC(c3ccccc3)S(N)(=O)=O)n2C)c(C)c1. The zero-order valence-electron chi connectivity index (χ0n) is 17.1. The van der Waals surface area contributed by atoms with Gasteiger partial charge in [0.25, 0.3) is 0 Å². The van der Waals surface area contributed by atoms with E-state index in [0.29, 0.717) is 16.8 Å². The Hall–Kier alpha value is -2.70. The Bertz CT molecular complexity index is 1160. The molecule has 0 saturated carbocycles. The lowest BCUT2D eigenvalue weighted by atomic mass is 9.99. The molecule has 3 rings (SSSR count). The van der Waals surface area contributed by atoms with Gasteiger partial charge in [0.15, 0.2) is 0 Å². The Morgan fingerprint density at radius 1 is 1.00 bits per heavy atom. The molecule has 6 heteroatoms. The molecule has 152 valence electrons. The average molecular weight is 411 g/mol. The third-order valence-corrected chi connectivity index (χ3v) is 6.56. The van der Waals surface area contributed by atoms with Crippen LogP contribution >= 0.6 is 0 Å². The Morgan fingerprint density at radius 3 is 2.24 bits per heavy atom. The molecule has 0 saturated heterocycles. The van der Waals surface area contributed by atoms with Gasteiger partial charge >= 0.3 is 0 Å². The average Bonchev–Trinajstić information content (AvgIpc) is 2.92. The normalized spacial score (nSPS) is 12.7. The van der Waals surface area contributed by atoms with Gasteiger partial charge in [0, 0.05) is 24.7 Å². The van der Waals surface area contributed by atoms with Gasteiger partial charge in [-0.05, 0) is 43.5 Å². The van der Waals surface area contributed by atoms with E-state index in [1.807, 2.05) is 51.1 Å². The Morgan fingerprint density at radius 2 is 1.66 bits per heavy atom. The molecule has 0 bridgehead atoms. The van der Waals surface area contributed by atoms with E-state index in [1.165, 1.54) is 0 Å². The van der Waals surface area contributed by atoms with Gasteiger partial charge in [-0.2, -0.15) is 0 Å². The lowest BCUT2D eigenvalue weighted by Gasteiger charge is -2.16. The number of benzene rings is 2. The van der Waals surface area contributed by atoms with Crippen molar-refractivity contribution in [2.45, 2.75) is 32.4 Å². The molecule has 0 amide bonds. The van der Waals surface area contributed by atoms with Crippen molar-refractivity contribution < 1.29 is 13.2 Å². The summed E-state index contributed by atoms with van der Waals surface area (Å²) < 4.78 is 26.3. The fourth-order valence-corrected chi connectivity index (χ4v) is 4.77. The van der Waals surface area contributed by atoms with Gasteiger partial charge in [-0.1, -0.05) is 54.1 Å². The van der Waals surface area contributed by atoms with Crippen molar-refractivity contribution in [1.29, 1.82) is 0 Å². The van der Waals surface area contributed by atoms with Crippen molar-refractivity contribution in [3.63, 3.8) is 0 Å². The van der Waals surface area contributed by atoms with Crippen LogP contribution in [0, 0.1) is 20.8 Å². The molecule has 29 heavy (non-hydrogen) atoms. The molecule has 2 N–H and O–H groups in total. The molecule has 3 aromatic rings. The van der Waals surface area contributed by atoms with E-state index in [1.54, 1.807) is 35.9 Å². The molecule has 1 aromatic heterocycles. The summed E-state index contributed by atoms with van der Waals surface area (Å²) in [4.78, 5) is 13.2. The standard InChI is InChI=1S/C23H26N2O3S/c1-15-10-11-20(16(2)12-15)23(26)22-17(3)13-19(25(22)4)14-21(29(24,27)28)18-8-6-5-7-9-18/h5-13,21H,14H2,1-4H3,(H2,24,27,28). The number of hydrogen-bond donors (Lipinski definition) is 1. The molecule has 2 aromatic carbocycles. The van der Waals surface area contributed by atoms with Gasteiger partial charge in [0.05, 0.1) is 5.69 Å². The van der Waals surface area contributed by atoms with Gasteiger partial charge in [-0.25, -0.2) is 13.6 Å². The second kappa shape index (κ2) is 7.97. The number of aromatic nitrogens is 1. The van der Waals surface area contributed by atoms with E-state index in [4.69, 9.17) is 5.14 Å². The van der Waals surface area contributed by atoms with Crippen LogP contribution in [0.2, 0.25) is 0 Å². The zero-order chi connectivity index (χ0) is 21.3. The van der Waals surface area contributed by atoms with Crippen molar-refractivity contribution in [3.8, 4) is 0 Å². The lowest BCUT2D eigenvalue weighted by molar-refractivity contribution is 0.103. The highest BCUT2D eigenvalue weighted by atomic mass is 32.2. The summed E-state index contributed by atoms with van der Waals surface area (Å²) in [5, 5.41) is 4.66. The molecule has 0 aliphatic heterocycles. The van der Waals surface area contributed by atoms with Crippen LogP contribution in [0.5, 0.6) is 0 Å². The summed E-state index contributed by atoms with van der Waals surface area (Å²) in [7, 11) is -2.02. The van der Waals surface area contributed by atoms with Crippen LogP contribution in [0.25, 0.3) is 0 Å². The predicted octanol–water partition coefficient (Wildman–Crippen LogP) is 3.75. The van der Waals surface area contributed by atoms with Gasteiger partial charge in [-0.3, -0.25) is 4.79 Å². The molecule has 1 unspecified atom stereocenters. The predicted molar refractivity (Wildman–Crippen MR) is 115 cm³/mol. The van der Waals surface area contributed by atoms with E-state index in [2.05, 4.69) is 0 Å². The molecule has 0 spiro atoms. The Labute approximate surface area is 172 Å². The third kappa shape index (κ3) is 4.33. The maximum atomic E-state index is 13.2. The maximum Gasteiger partial charge on any atom is 0.216 e. The molecule has 1 heterocycles. The first-order chi connectivity index (χ1) is 13.6. The molecular weight excluding hydrogens is 384 g/mol. The van der Waals surface area contributed by atoms with E-state index in [9.17, 15) is 13.2 Å². The van der Waals surface area contributed by atoms with Gasteiger partial charge in [0.1, 0.15) is 5.25 Å². The fraction of sp³-hybridized carbons (Fsp3) is 0.261. The van der Waals surface area contributed by atoms with Crippen molar-refractivity contribution in [1.82, 2.24) is 4.57 Å². The Kier molecular flexibility index (Phi) is 5.78. The highest BCUT2D eigenvalue weighted by Gasteiger charge is 2.27. The summed E-state index contributed by atoms with van der Waals surface area (Å²) >= 11 is 0. The number of aryl methyl sites for hydroxylation is 3. The first kappa shape index (κ1) is 21.0. The number of primary sulfonamides is 1. The van der Waals surface area contributed by atoms with Crippen LogP contribution < -0.4 is 5.14 Å². The summed E-state index contributed by atoms with van der Waals surface area (Å²) in [5.41, 5.74) is 5.43. The third-order valence-electron chi connectivity index (χ3n) is 5.33. The topological polar surface area (TPSA) is 82.2 Å². The lowest BCUT2D eigenvalue weighted by Crippen LogP contribution is -2.24. The van der Waals surface area contributed by atoms with Crippen molar-refractivity contribution in [2.75, 3.05) is 0 Å². The zero-order valence-corrected chi connectivity index (χ0v) is 18.0. The second-order valence-corrected chi connectivity index (χ2v) is 9.31. The first-order valence-corrected chi connectivity index (χ1v) is 11.0. The molecule has 1 atom stereocenters. The minimum atomic E-state index is -3.82.